The van der Waals surface area contributed by atoms with Gasteiger partial charge in [0.2, 0.25) is 0 Å². The van der Waals surface area contributed by atoms with Gasteiger partial charge < -0.3 is 14.4 Å². The first-order valence-electron chi connectivity index (χ1n) is 5.75. The smallest absolute Gasteiger partial charge is 0.338 e. The lowest BCUT2D eigenvalue weighted by Crippen LogP contribution is -2.36. The third-order valence-corrected chi connectivity index (χ3v) is 3.77. The number of hydrogen-bond acceptors (Lipinski definition) is 4. The number of carboxylic acids is 1. The van der Waals surface area contributed by atoms with Crippen LogP contribution in [0.4, 0.5) is 0 Å². The monoisotopic (exact) mass is 269 g/mol. The first kappa shape index (κ1) is 13.0. The molecule has 1 aliphatic heterocycles. The minimum Gasteiger partial charge on any atom is -0.478 e. The normalized spacial score (nSPS) is 19.2. The van der Waals surface area contributed by atoms with Crippen LogP contribution in [0.3, 0.4) is 0 Å². The summed E-state index contributed by atoms with van der Waals surface area (Å²) in [5, 5.41) is 8.79. The van der Waals surface area contributed by atoms with E-state index in [0.29, 0.717) is 6.54 Å². The van der Waals surface area contributed by atoms with Crippen molar-refractivity contribution in [1.82, 2.24) is 4.90 Å². The maximum absolute atomic E-state index is 12.2. The number of nitrogens with zero attached hydrogens (tertiary/aromatic N) is 1. The third kappa shape index (κ3) is 2.53. The van der Waals surface area contributed by atoms with Crippen LogP contribution in [0.25, 0.3) is 0 Å². The number of hydrogen-bond donors (Lipinski definition) is 1. The van der Waals surface area contributed by atoms with E-state index in [-0.39, 0.29) is 23.3 Å². The second-order valence-electron chi connectivity index (χ2n) is 4.25. The Hall–Kier alpha value is -1.43. The molecule has 1 amide bonds. The Labute approximate surface area is 109 Å². The van der Waals surface area contributed by atoms with Gasteiger partial charge in [-0.15, -0.1) is 0 Å². The largest absolute Gasteiger partial charge is 0.478 e. The Morgan fingerprint density at radius 2 is 2.39 bits per heavy atom. The number of likely N-dealkylation sites (tertiary alicyclic amines) is 1. The van der Waals surface area contributed by atoms with Gasteiger partial charge in [-0.25, -0.2) is 4.79 Å². The average molecular weight is 269 g/mol. The van der Waals surface area contributed by atoms with E-state index < -0.39 is 5.97 Å². The second kappa shape index (κ2) is 5.48. The summed E-state index contributed by atoms with van der Waals surface area (Å²) in [5.41, 5.74) is 0.0129. The number of rotatable bonds is 4. The van der Waals surface area contributed by atoms with Gasteiger partial charge in [0.05, 0.1) is 5.56 Å². The molecule has 18 heavy (non-hydrogen) atoms. The van der Waals surface area contributed by atoms with Crippen molar-refractivity contribution in [3.63, 3.8) is 0 Å². The van der Waals surface area contributed by atoms with Gasteiger partial charge in [-0.1, -0.05) is 0 Å². The zero-order valence-corrected chi connectivity index (χ0v) is 10.9. The first-order chi connectivity index (χ1) is 8.63. The summed E-state index contributed by atoms with van der Waals surface area (Å²) >= 11 is 1.71. The van der Waals surface area contributed by atoms with Gasteiger partial charge in [-0.3, -0.25) is 4.79 Å². The molecule has 1 atom stereocenters. The molecule has 0 bridgehead atoms. The van der Waals surface area contributed by atoms with Crippen LogP contribution < -0.4 is 0 Å². The van der Waals surface area contributed by atoms with E-state index in [1.165, 1.54) is 6.07 Å². The summed E-state index contributed by atoms with van der Waals surface area (Å²) in [6, 6.07) is 1.52. The molecule has 1 fully saturated rings. The maximum Gasteiger partial charge on any atom is 0.338 e. The summed E-state index contributed by atoms with van der Waals surface area (Å²) in [6.45, 7) is 0.715. The highest BCUT2D eigenvalue weighted by Crippen LogP contribution is 2.23. The molecule has 0 aliphatic carbocycles. The van der Waals surface area contributed by atoms with Crippen LogP contribution in [-0.4, -0.2) is 46.5 Å². The Morgan fingerprint density at radius 1 is 1.61 bits per heavy atom. The number of carboxylic acid groups (broad SMARTS) is 1. The molecule has 2 heterocycles. The minimum atomic E-state index is -1.08. The van der Waals surface area contributed by atoms with Gasteiger partial charge in [0.25, 0.3) is 5.91 Å². The fraction of sp³-hybridized carbons (Fsp3) is 0.500. The molecule has 0 spiro atoms. The number of amides is 1. The molecule has 1 aliphatic rings. The highest BCUT2D eigenvalue weighted by atomic mass is 32.2. The Morgan fingerprint density at radius 3 is 3.00 bits per heavy atom. The number of carbonyl (C=O) groups is 2. The van der Waals surface area contributed by atoms with Gasteiger partial charge in [-0.05, 0) is 19.1 Å². The van der Waals surface area contributed by atoms with Crippen molar-refractivity contribution in [3.05, 3.63) is 23.7 Å². The zero-order valence-electron chi connectivity index (χ0n) is 10.1. The van der Waals surface area contributed by atoms with E-state index in [0.717, 1.165) is 24.9 Å². The van der Waals surface area contributed by atoms with E-state index in [4.69, 9.17) is 9.52 Å². The third-order valence-electron chi connectivity index (χ3n) is 3.05. The summed E-state index contributed by atoms with van der Waals surface area (Å²) in [6.07, 6.45) is 5.11. The molecular weight excluding hydrogens is 254 g/mol. The van der Waals surface area contributed by atoms with Crippen molar-refractivity contribution in [2.75, 3.05) is 18.6 Å². The lowest BCUT2D eigenvalue weighted by molar-refractivity contribution is 0.0693. The van der Waals surface area contributed by atoms with Crippen molar-refractivity contribution in [1.29, 1.82) is 0 Å². The van der Waals surface area contributed by atoms with E-state index in [1.54, 1.807) is 16.7 Å². The molecule has 1 N–H and O–H groups in total. The average Bonchev–Trinajstić information content (AvgIpc) is 2.97. The van der Waals surface area contributed by atoms with Gasteiger partial charge >= 0.3 is 5.97 Å². The van der Waals surface area contributed by atoms with Crippen molar-refractivity contribution < 1.29 is 19.1 Å². The lowest BCUT2D eigenvalue weighted by Gasteiger charge is -2.22. The second-order valence-corrected chi connectivity index (χ2v) is 5.17. The first-order valence-corrected chi connectivity index (χ1v) is 7.14. The summed E-state index contributed by atoms with van der Waals surface area (Å²) < 4.78 is 5.05. The standard InChI is InChI=1S/C12H15NO4S/c1-18-7-9-3-2-4-13(9)11(14)10-5-8(6-17-10)12(15)16/h5-6,9H,2-4,7H2,1H3,(H,15,16). The number of carbonyl (C=O) groups excluding carboxylic acids is 1. The molecule has 1 aromatic rings. The van der Waals surface area contributed by atoms with E-state index in [9.17, 15) is 9.59 Å². The van der Waals surface area contributed by atoms with Crippen molar-refractivity contribution >= 4 is 23.6 Å². The van der Waals surface area contributed by atoms with Gasteiger partial charge in [0.15, 0.2) is 5.76 Å². The lowest BCUT2D eigenvalue weighted by atomic mass is 10.2. The van der Waals surface area contributed by atoms with Gasteiger partial charge in [-0.2, -0.15) is 11.8 Å². The summed E-state index contributed by atoms with van der Waals surface area (Å²) in [4.78, 5) is 24.7. The quantitative estimate of drug-likeness (QED) is 0.904. The molecule has 0 radical (unpaired) electrons. The Bertz CT molecular complexity index is 457. The zero-order chi connectivity index (χ0) is 13.1. The van der Waals surface area contributed by atoms with Crippen molar-refractivity contribution in [2.45, 2.75) is 18.9 Å². The highest BCUT2D eigenvalue weighted by molar-refractivity contribution is 7.98. The molecule has 0 aromatic carbocycles. The van der Waals surface area contributed by atoms with Gasteiger partial charge in [0, 0.05) is 24.4 Å². The molecular formula is C12H15NO4S. The summed E-state index contributed by atoms with van der Waals surface area (Å²) in [5.74, 6) is -0.280. The Balaban J connectivity index is 2.12. The minimum absolute atomic E-state index is 0.0129. The number of thioether (sulfide) groups is 1. The number of aromatic carboxylic acids is 1. The molecule has 6 heteroatoms. The molecule has 1 aromatic heterocycles. The predicted molar refractivity (Wildman–Crippen MR) is 68.1 cm³/mol. The SMILES string of the molecule is CSCC1CCCN1C(=O)c1cc(C(=O)O)co1. The summed E-state index contributed by atoms with van der Waals surface area (Å²) in [7, 11) is 0. The molecule has 2 rings (SSSR count). The van der Waals surface area contributed by atoms with Gasteiger partial charge in [0.1, 0.15) is 6.26 Å². The maximum atomic E-state index is 12.2. The molecule has 5 nitrogen and oxygen atoms in total. The van der Waals surface area contributed by atoms with E-state index in [2.05, 4.69) is 0 Å². The van der Waals surface area contributed by atoms with Crippen molar-refractivity contribution in [3.8, 4) is 0 Å². The van der Waals surface area contributed by atoms with E-state index in [1.807, 2.05) is 6.26 Å². The Kier molecular flexibility index (Phi) is 3.96. The number of furan rings is 1. The topological polar surface area (TPSA) is 70.8 Å². The van der Waals surface area contributed by atoms with Crippen LogP contribution in [0.15, 0.2) is 16.7 Å². The van der Waals surface area contributed by atoms with Crippen molar-refractivity contribution in [2.24, 2.45) is 0 Å². The van der Waals surface area contributed by atoms with Crippen LogP contribution in [0, 0.1) is 0 Å². The highest BCUT2D eigenvalue weighted by Gasteiger charge is 2.30. The van der Waals surface area contributed by atoms with Crippen LogP contribution >= 0.6 is 11.8 Å². The molecule has 98 valence electrons. The van der Waals surface area contributed by atoms with Crippen LogP contribution in [0.2, 0.25) is 0 Å². The van der Waals surface area contributed by atoms with Crippen LogP contribution in [0.1, 0.15) is 33.8 Å². The van der Waals surface area contributed by atoms with E-state index >= 15 is 0 Å². The molecule has 0 saturated carbocycles. The van der Waals surface area contributed by atoms with Crippen LogP contribution in [0.5, 0.6) is 0 Å². The van der Waals surface area contributed by atoms with Crippen LogP contribution in [-0.2, 0) is 0 Å². The molecule has 1 saturated heterocycles. The predicted octanol–water partition coefficient (Wildman–Crippen LogP) is 1.95. The molecule has 1 unspecified atom stereocenters. The fourth-order valence-electron chi connectivity index (χ4n) is 2.17. The fourth-order valence-corrected chi connectivity index (χ4v) is 2.90.